The molecule has 0 atom stereocenters. The van der Waals surface area contributed by atoms with E-state index >= 15 is 0 Å². The molecule has 0 amide bonds. The van der Waals surface area contributed by atoms with E-state index in [1.54, 1.807) is 12.4 Å². The van der Waals surface area contributed by atoms with Gasteiger partial charge in [-0.05, 0) is 29.3 Å². The Labute approximate surface area is 120 Å². The van der Waals surface area contributed by atoms with Crippen LogP contribution in [0.5, 0.6) is 0 Å². The quantitative estimate of drug-likeness (QED) is 0.692. The zero-order valence-corrected chi connectivity index (χ0v) is 11.7. The fourth-order valence-corrected chi connectivity index (χ4v) is 2.17. The fourth-order valence-electron chi connectivity index (χ4n) is 1.90. The van der Waals surface area contributed by atoms with Crippen LogP contribution in [-0.2, 0) is 0 Å². The van der Waals surface area contributed by atoms with Crippen LogP contribution < -0.4 is 0 Å². The first-order valence-electron chi connectivity index (χ1n) is 5.96. The molecule has 0 radical (unpaired) electrons. The average Bonchev–Trinajstić information content (AvgIpc) is 2.49. The van der Waals surface area contributed by atoms with Crippen molar-refractivity contribution in [2.75, 3.05) is 0 Å². The molecule has 0 saturated heterocycles. The second-order valence-electron chi connectivity index (χ2n) is 4.16. The monoisotopic (exact) mass is 310 g/mol. The van der Waals surface area contributed by atoms with Gasteiger partial charge in [0.2, 0.25) is 0 Å². The first-order chi connectivity index (χ1) is 9.33. The molecule has 0 fully saturated rings. The van der Waals surface area contributed by atoms with E-state index in [0.717, 1.165) is 15.9 Å². The SMILES string of the molecule is Brc1ccc(-c2ccc(-c3ncccn3)cc2)cc1. The second-order valence-corrected chi connectivity index (χ2v) is 5.07. The van der Waals surface area contributed by atoms with E-state index in [0.29, 0.717) is 0 Å². The molecule has 1 heterocycles. The highest BCUT2D eigenvalue weighted by Gasteiger charge is 2.01. The van der Waals surface area contributed by atoms with Crippen LogP contribution >= 0.6 is 15.9 Å². The molecule has 2 nitrogen and oxygen atoms in total. The summed E-state index contributed by atoms with van der Waals surface area (Å²) in [4.78, 5) is 8.49. The maximum Gasteiger partial charge on any atom is 0.159 e. The van der Waals surface area contributed by atoms with Gasteiger partial charge in [0, 0.05) is 22.4 Å². The van der Waals surface area contributed by atoms with Gasteiger partial charge in [-0.1, -0.05) is 52.3 Å². The van der Waals surface area contributed by atoms with Gasteiger partial charge in [0.05, 0.1) is 0 Å². The number of hydrogen-bond acceptors (Lipinski definition) is 2. The molecule has 3 heteroatoms. The molecular formula is C16H11BrN2. The Hall–Kier alpha value is -2.00. The van der Waals surface area contributed by atoms with E-state index in [9.17, 15) is 0 Å². The third kappa shape index (κ3) is 2.71. The van der Waals surface area contributed by atoms with Crippen molar-refractivity contribution < 1.29 is 0 Å². The highest BCUT2D eigenvalue weighted by Crippen LogP contribution is 2.24. The highest BCUT2D eigenvalue weighted by atomic mass is 79.9. The molecule has 0 spiro atoms. The second kappa shape index (κ2) is 5.33. The van der Waals surface area contributed by atoms with Crippen molar-refractivity contribution in [2.24, 2.45) is 0 Å². The number of rotatable bonds is 2. The molecule has 1 aromatic heterocycles. The predicted molar refractivity (Wildman–Crippen MR) is 80.6 cm³/mol. The Balaban J connectivity index is 1.93. The van der Waals surface area contributed by atoms with Crippen LogP contribution in [0.1, 0.15) is 0 Å². The van der Waals surface area contributed by atoms with Gasteiger partial charge in [-0.15, -0.1) is 0 Å². The minimum absolute atomic E-state index is 0.754. The zero-order valence-electron chi connectivity index (χ0n) is 10.1. The Morgan fingerprint density at radius 3 is 1.68 bits per heavy atom. The van der Waals surface area contributed by atoms with Crippen molar-refractivity contribution in [3.8, 4) is 22.5 Å². The zero-order chi connectivity index (χ0) is 13.1. The summed E-state index contributed by atoms with van der Waals surface area (Å²) in [7, 11) is 0. The van der Waals surface area contributed by atoms with E-state index in [4.69, 9.17) is 0 Å². The predicted octanol–water partition coefficient (Wildman–Crippen LogP) is 4.57. The molecule has 92 valence electrons. The topological polar surface area (TPSA) is 25.8 Å². The minimum Gasteiger partial charge on any atom is -0.237 e. The van der Waals surface area contributed by atoms with Crippen LogP contribution in [0, 0.1) is 0 Å². The normalized spacial score (nSPS) is 10.4. The van der Waals surface area contributed by atoms with E-state index in [1.165, 1.54) is 11.1 Å². The standard InChI is InChI=1S/C16H11BrN2/c17-15-8-6-13(7-9-15)12-2-4-14(5-3-12)16-18-10-1-11-19-16/h1-11H. The summed E-state index contributed by atoms with van der Waals surface area (Å²) in [6.07, 6.45) is 3.51. The molecule has 0 aliphatic rings. The molecule has 0 bridgehead atoms. The third-order valence-electron chi connectivity index (χ3n) is 2.89. The number of nitrogens with zero attached hydrogens (tertiary/aromatic N) is 2. The molecular weight excluding hydrogens is 300 g/mol. The Morgan fingerprint density at radius 1 is 0.632 bits per heavy atom. The summed E-state index contributed by atoms with van der Waals surface area (Å²) in [6.45, 7) is 0. The summed E-state index contributed by atoms with van der Waals surface area (Å²) in [5, 5.41) is 0. The molecule has 3 rings (SSSR count). The van der Waals surface area contributed by atoms with Gasteiger partial charge in [0.15, 0.2) is 5.82 Å². The van der Waals surface area contributed by atoms with Crippen molar-refractivity contribution in [1.82, 2.24) is 9.97 Å². The molecule has 0 saturated carbocycles. The van der Waals surface area contributed by atoms with Crippen LogP contribution in [0.4, 0.5) is 0 Å². The van der Waals surface area contributed by atoms with E-state index in [2.05, 4.69) is 50.2 Å². The maximum absolute atomic E-state index is 4.25. The van der Waals surface area contributed by atoms with Crippen molar-refractivity contribution in [3.05, 3.63) is 71.5 Å². The van der Waals surface area contributed by atoms with Gasteiger partial charge in [-0.3, -0.25) is 0 Å². The Kier molecular flexibility index (Phi) is 3.38. The van der Waals surface area contributed by atoms with Crippen LogP contribution in [0.3, 0.4) is 0 Å². The molecule has 2 aromatic carbocycles. The van der Waals surface area contributed by atoms with Crippen LogP contribution in [0.25, 0.3) is 22.5 Å². The highest BCUT2D eigenvalue weighted by molar-refractivity contribution is 9.10. The molecule has 19 heavy (non-hydrogen) atoms. The van der Waals surface area contributed by atoms with Gasteiger partial charge >= 0.3 is 0 Å². The summed E-state index contributed by atoms with van der Waals surface area (Å²) < 4.78 is 1.09. The van der Waals surface area contributed by atoms with Crippen molar-refractivity contribution in [2.45, 2.75) is 0 Å². The lowest BCUT2D eigenvalue weighted by atomic mass is 10.0. The smallest absolute Gasteiger partial charge is 0.159 e. The van der Waals surface area contributed by atoms with Gasteiger partial charge in [-0.25, -0.2) is 9.97 Å². The number of hydrogen-bond donors (Lipinski definition) is 0. The molecule has 0 N–H and O–H groups in total. The fraction of sp³-hybridized carbons (Fsp3) is 0. The summed E-state index contributed by atoms with van der Waals surface area (Å²) in [6, 6.07) is 18.4. The van der Waals surface area contributed by atoms with Crippen molar-refractivity contribution in [1.29, 1.82) is 0 Å². The number of aromatic nitrogens is 2. The molecule has 3 aromatic rings. The summed E-state index contributed by atoms with van der Waals surface area (Å²) in [5.41, 5.74) is 3.41. The maximum atomic E-state index is 4.25. The lowest BCUT2D eigenvalue weighted by Gasteiger charge is -2.04. The van der Waals surface area contributed by atoms with E-state index < -0.39 is 0 Å². The number of halogens is 1. The van der Waals surface area contributed by atoms with E-state index in [1.807, 2.05) is 30.3 Å². The van der Waals surface area contributed by atoms with Gasteiger partial charge in [-0.2, -0.15) is 0 Å². The first kappa shape index (κ1) is 12.1. The molecule has 0 unspecified atom stereocenters. The largest absolute Gasteiger partial charge is 0.237 e. The molecule has 0 aliphatic heterocycles. The van der Waals surface area contributed by atoms with Gasteiger partial charge in [0.25, 0.3) is 0 Å². The third-order valence-corrected chi connectivity index (χ3v) is 3.42. The number of benzene rings is 2. The Bertz CT molecular complexity index is 661. The average molecular weight is 311 g/mol. The molecule has 0 aliphatic carbocycles. The lowest BCUT2D eigenvalue weighted by Crippen LogP contribution is -1.86. The van der Waals surface area contributed by atoms with Crippen molar-refractivity contribution in [3.63, 3.8) is 0 Å². The summed E-state index contributed by atoms with van der Waals surface area (Å²) >= 11 is 3.44. The minimum atomic E-state index is 0.754. The van der Waals surface area contributed by atoms with Gasteiger partial charge in [0.1, 0.15) is 0 Å². The first-order valence-corrected chi connectivity index (χ1v) is 6.75. The lowest BCUT2D eigenvalue weighted by molar-refractivity contribution is 1.18. The Morgan fingerprint density at radius 2 is 1.11 bits per heavy atom. The van der Waals surface area contributed by atoms with Crippen LogP contribution in [0.2, 0.25) is 0 Å². The van der Waals surface area contributed by atoms with E-state index in [-0.39, 0.29) is 0 Å². The van der Waals surface area contributed by atoms with Gasteiger partial charge < -0.3 is 0 Å². The van der Waals surface area contributed by atoms with Crippen LogP contribution in [0.15, 0.2) is 71.5 Å². The van der Waals surface area contributed by atoms with Crippen LogP contribution in [-0.4, -0.2) is 9.97 Å². The van der Waals surface area contributed by atoms with Crippen molar-refractivity contribution >= 4 is 15.9 Å². The summed E-state index contributed by atoms with van der Waals surface area (Å²) in [5.74, 6) is 0.754.